The van der Waals surface area contributed by atoms with Crippen LogP contribution >= 0.6 is 0 Å². The number of phenolic OH excluding ortho intramolecular Hbond substituents is 4. The molecule has 1 aliphatic carbocycles. The second kappa shape index (κ2) is 6.04. The lowest BCUT2D eigenvalue weighted by Gasteiger charge is -2.35. The Labute approximate surface area is 167 Å². The van der Waals surface area contributed by atoms with Gasteiger partial charge < -0.3 is 20.4 Å². The first-order valence-corrected chi connectivity index (χ1v) is 9.29. The van der Waals surface area contributed by atoms with Gasteiger partial charge in [-0.05, 0) is 46.5 Å². The van der Waals surface area contributed by atoms with Crippen LogP contribution < -0.4 is 0 Å². The van der Waals surface area contributed by atoms with E-state index in [1.165, 1.54) is 24.3 Å². The lowest BCUT2D eigenvalue weighted by Crippen LogP contribution is -2.29. The zero-order chi connectivity index (χ0) is 20.2. The number of benzene rings is 4. The number of hydrogen-bond acceptors (Lipinski definition) is 4. The lowest BCUT2D eigenvalue weighted by molar-refractivity contribution is 0.408. The molecule has 0 saturated carbocycles. The summed E-state index contributed by atoms with van der Waals surface area (Å²) >= 11 is 0. The third kappa shape index (κ3) is 2.14. The maximum absolute atomic E-state index is 10.9. The van der Waals surface area contributed by atoms with E-state index in [1.54, 1.807) is 12.1 Å². The van der Waals surface area contributed by atoms with Crippen LogP contribution in [-0.2, 0) is 5.41 Å². The molecular weight excluding hydrogens is 364 g/mol. The summed E-state index contributed by atoms with van der Waals surface area (Å²) in [6, 6.07) is 24.4. The average molecular weight is 382 g/mol. The van der Waals surface area contributed by atoms with Gasteiger partial charge in [-0.3, -0.25) is 0 Å². The summed E-state index contributed by atoms with van der Waals surface area (Å²) < 4.78 is 0. The first kappa shape index (κ1) is 17.2. The summed E-state index contributed by atoms with van der Waals surface area (Å²) in [5, 5.41) is 43.6. The molecule has 0 aromatic heterocycles. The predicted octanol–water partition coefficient (Wildman–Crippen LogP) is 4.87. The van der Waals surface area contributed by atoms with E-state index in [2.05, 4.69) is 0 Å². The molecule has 0 saturated heterocycles. The molecule has 4 aromatic carbocycles. The van der Waals surface area contributed by atoms with Gasteiger partial charge in [-0.25, -0.2) is 0 Å². The van der Waals surface area contributed by atoms with Gasteiger partial charge in [0.05, 0.1) is 16.5 Å². The quantitative estimate of drug-likeness (QED) is 0.351. The van der Waals surface area contributed by atoms with Gasteiger partial charge in [-0.15, -0.1) is 0 Å². The van der Waals surface area contributed by atoms with E-state index in [9.17, 15) is 20.4 Å². The first-order chi connectivity index (χ1) is 14.1. The zero-order valence-corrected chi connectivity index (χ0v) is 15.4. The summed E-state index contributed by atoms with van der Waals surface area (Å²) in [4.78, 5) is 0. The third-order valence-electron chi connectivity index (χ3n) is 5.74. The molecule has 0 radical (unpaired) electrons. The largest absolute Gasteiger partial charge is 0.507 e. The predicted molar refractivity (Wildman–Crippen MR) is 110 cm³/mol. The summed E-state index contributed by atoms with van der Waals surface area (Å²) in [6.45, 7) is 0. The molecule has 4 N–H and O–H groups in total. The van der Waals surface area contributed by atoms with Crippen LogP contribution in [0, 0.1) is 0 Å². The highest BCUT2D eigenvalue weighted by Crippen LogP contribution is 2.62. The topological polar surface area (TPSA) is 80.9 Å². The van der Waals surface area contributed by atoms with E-state index in [0.717, 1.165) is 22.3 Å². The highest BCUT2D eigenvalue weighted by atomic mass is 16.3. The summed E-state index contributed by atoms with van der Waals surface area (Å²) in [5.74, 6) is -0.503. The molecule has 5 rings (SSSR count). The Morgan fingerprint density at radius 2 is 0.759 bits per heavy atom. The highest BCUT2D eigenvalue weighted by Gasteiger charge is 2.51. The summed E-state index contributed by atoms with van der Waals surface area (Å²) in [5.41, 5.74) is 2.48. The minimum absolute atomic E-state index is 0.126. The Balaban J connectivity index is 2.08. The van der Waals surface area contributed by atoms with E-state index in [0.29, 0.717) is 0 Å². The smallest absolute Gasteiger partial charge is 0.124 e. The molecule has 4 aromatic rings. The zero-order valence-electron chi connectivity index (χ0n) is 15.4. The fraction of sp³-hybridized carbons (Fsp3) is 0.0400. The molecule has 142 valence electrons. The fourth-order valence-electron chi connectivity index (χ4n) is 4.72. The van der Waals surface area contributed by atoms with Gasteiger partial charge in [-0.2, -0.15) is 0 Å². The van der Waals surface area contributed by atoms with Crippen molar-refractivity contribution in [2.75, 3.05) is 0 Å². The van der Waals surface area contributed by atoms with Gasteiger partial charge in [0.25, 0.3) is 0 Å². The van der Waals surface area contributed by atoms with Gasteiger partial charge in [-0.1, -0.05) is 60.7 Å². The maximum atomic E-state index is 10.9. The second-order valence-electron chi connectivity index (χ2n) is 7.18. The van der Waals surface area contributed by atoms with Gasteiger partial charge in [0.1, 0.15) is 23.0 Å². The van der Waals surface area contributed by atoms with Crippen molar-refractivity contribution in [2.45, 2.75) is 5.41 Å². The lowest BCUT2D eigenvalue weighted by atomic mass is 9.66. The van der Waals surface area contributed by atoms with Crippen molar-refractivity contribution < 1.29 is 20.4 Å². The van der Waals surface area contributed by atoms with Gasteiger partial charge >= 0.3 is 0 Å². The molecule has 0 amide bonds. The maximum Gasteiger partial charge on any atom is 0.124 e. The normalized spacial score (nSPS) is 13.7. The Bertz CT molecular complexity index is 1120. The highest BCUT2D eigenvalue weighted by molar-refractivity contribution is 5.89. The van der Waals surface area contributed by atoms with Crippen LogP contribution in [0.25, 0.3) is 11.1 Å². The van der Waals surface area contributed by atoms with E-state index >= 15 is 0 Å². The van der Waals surface area contributed by atoms with Crippen molar-refractivity contribution in [2.24, 2.45) is 0 Å². The van der Waals surface area contributed by atoms with E-state index in [-0.39, 0.29) is 34.1 Å². The Morgan fingerprint density at radius 3 is 1.14 bits per heavy atom. The Morgan fingerprint density at radius 1 is 0.414 bits per heavy atom. The van der Waals surface area contributed by atoms with E-state index < -0.39 is 5.41 Å². The molecule has 0 atom stereocenters. The monoisotopic (exact) mass is 382 g/mol. The molecular formula is C25H18O4. The number of rotatable bonds is 2. The Kier molecular flexibility index (Phi) is 3.58. The molecule has 0 unspecified atom stereocenters. The molecule has 0 fully saturated rings. The van der Waals surface area contributed by atoms with Crippen molar-refractivity contribution in [1.82, 2.24) is 0 Å². The van der Waals surface area contributed by atoms with Crippen molar-refractivity contribution in [3.8, 4) is 34.1 Å². The van der Waals surface area contributed by atoms with Crippen molar-refractivity contribution >= 4 is 0 Å². The van der Waals surface area contributed by atoms with Gasteiger partial charge in [0.15, 0.2) is 0 Å². The molecule has 29 heavy (non-hydrogen) atoms. The SMILES string of the molecule is Oc1cccc(O)c1C1(c2c(O)cccc2O)c2ccccc2-c2ccccc21. The van der Waals surface area contributed by atoms with Crippen LogP contribution in [0.1, 0.15) is 22.3 Å². The molecule has 0 aliphatic heterocycles. The molecule has 4 heteroatoms. The van der Waals surface area contributed by atoms with Crippen molar-refractivity contribution in [3.63, 3.8) is 0 Å². The van der Waals surface area contributed by atoms with Crippen LogP contribution in [0.2, 0.25) is 0 Å². The second-order valence-corrected chi connectivity index (χ2v) is 7.18. The molecule has 1 aliphatic rings. The van der Waals surface area contributed by atoms with Crippen molar-refractivity contribution in [3.05, 3.63) is 107 Å². The summed E-state index contributed by atoms with van der Waals surface area (Å²) in [7, 11) is 0. The van der Waals surface area contributed by atoms with Gasteiger partial charge in [0, 0.05) is 0 Å². The number of aromatic hydroxyl groups is 4. The van der Waals surface area contributed by atoms with Gasteiger partial charge in [0.2, 0.25) is 0 Å². The number of phenols is 4. The number of hydrogen-bond donors (Lipinski definition) is 4. The average Bonchev–Trinajstić information content (AvgIpc) is 3.00. The third-order valence-corrected chi connectivity index (χ3v) is 5.74. The molecule has 0 heterocycles. The first-order valence-electron chi connectivity index (χ1n) is 9.29. The number of fused-ring (bicyclic) bond motifs is 3. The van der Waals surface area contributed by atoms with Crippen LogP contribution in [0.15, 0.2) is 84.9 Å². The molecule has 0 bridgehead atoms. The molecule has 4 nitrogen and oxygen atoms in total. The van der Waals surface area contributed by atoms with Crippen LogP contribution in [-0.4, -0.2) is 20.4 Å². The Hall–Kier alpha value is -3.92. The van der Waals surface area contributed by atoms with Crippen LogP contribution in [0.5, 0.6) is 23.0 Å². The van der Waals surface area contributed by atoms with Crippen LogP contribution in [0.3, 0.4) is 0 Å². The van der Waals surface area contributed by atoms with Crippen LogP contribution in [0.4, 0.5) is 0 Å². The fourth-order valence-corrected chi connectivity index (χ4v) is 4.72. The van der Waals surface area contributed by atoms with E-state index in [4.69, 9.17) is 0 Å². The summed E-state index contributed by atoms with van der Waals surface area (Å²) in [6.07, 6.45) is 0. The van der Waals surface area contributed by atoms with E-state index in [1.807, 2.05) is 48.5 Å². The standard InChI is InChI=1S/C25H18O4/c26-19-11-5-12-20(27)23(19)25(24-21(28)13-6-14-22(24)29)17-9-3-1-7-15(17)16-8-2-4-10-18(16)25/h1-14,26-29H. The molecule has 0 spiro atoms. The minimum atomic E-state index is -1.29. The minimum Gasteiger partial charge on any atom is -0.507 e. The van der Waals surface area contributed by atoms with Crippen molar-refractivity contribution in [1.29, 1.82) is 0 Å².